The Labute approximate surface area is 161 Å². The highest BCUT2D eigenvalue weighted by Gasteiger charge is 2.26. The molecule has 1 atom stereocenters. The topological polar surface area (TPSA) is 85.8 Å². The van der Waals surface area contributed by atoms with Crippen molar-refractivity contribution in [2.45, 2.75) is 12.5 Å². The molecule has 4 rings (SSSR count). The van der Waals surface area contributed by atoms with Gasteiger partial charge in [0.15, 0.2) is 0 Å². The third kappa shape index (κ3) is 3.31. The van der Waals surface area contributed by atoms with Gasteiger partial charge in [0.2, 0.25) is 0 Å². The predicted octanol–water partition coefficient (Wildman–Crippen LogP) is 3.32. The maximum Gasteiger partial charge on any atom is 0.312 e. The van der Waals surface area contributed by atoms with E-state index in [9.17, 15) is 4.79 Å². The fourth-order valence-corrected chi connectivity index (χ4v) is 3.64. The van der Waals surface area contributed by atoms with Gasteiger partial charge in [-0.1, -0.05) is 23.7 Å². The number of urea groups is 1. The van der Waals surface area contributed by atoms with E-state index in [4.69, 9.17) is 17.3 Å². The van der Waals surface area contributed by atoms with Gasteiger partial charge < -0.3 is 15.6 Å². The Morgan fingerprint density at radius 1 is 1.37 bits per heavy atom. The van der Waals surface area contributed by atoms with E-state index in [0.29, 0.717) is 11.4 Å². The van der Waals surface area contributed by atoms with E-state index in [1.54, 1.807) is 18.7 Å². The molecule has 3 N–H and O–H groups in total. The smallest absolute Gasteiger partial charge is 0.312 e. The number of nitrogens with one attached hydrogen (secondary N) is 1. The normalized spacial score (nSPS) is 13.8. The van der Waals surface area contributed by atoms with Crippen LogP contribution in [-0.4, -0.2) is 20.6 Å². The molecule has 1 aliphatic rings. The van der Waals surface area contributed by atoms with Crippen LogP contribution in [0, 0.1) is 0 Å². The van der Waals surface area contributed by atoms with Crippen LogP contribution < -0.4 is 11.1 Å². The summed E-state index contributed by atoms with van der Waals surface area (Å²) in [5.74, 6) is 0. The third-order valence-corrected chi connectivity index (χ3v) is 4.96. The van der Waals surface area contributed by atoms with Crippen LogP contribution in [0.4, 0.5) is 4.79 Å². The highest BCUT2D eigenvalue weighted by Crippen LogP contribution is 2.38. The molecule has 7 heteroatoms. The zero-order valence-corrected chi connectivity index (χ0v) is 15.4. The number of carbonyl (C=O) groups excluding carboxylic acids is 1. The third-order valence-electron chi connectivity index (χ3n) is 4.72. The number of amides is 2. The monoisotopic (exact) mass is 379 g/mol. The first-order valence-electron chi connectivity index (χ1n) is 8.49. The molecule has 0 radical (unpaired) electrons. The Morgan fingerprint density at radius 3 is 2.96 bits per heavy atom. The van der Waals surface area contributed by atoms with Crippen molar-refractivity contribution in [1.29, 1.82) is 0 Å². The van der Waals surface area contributed by atoms with Gasteiger partial charge in [-0.15, -0.1) is 0 Å². The Morgan fingerprint density at radius 2 is 2.22 bits per heavy atom. The molecule has 6 nitrogen and oxygen atoms in total. The van der Waals surface area contributed by atoms with Gasteiger partial charge in [-0.2, -0.15) is 0 Å². The summed E-state index contributed by atoms with van der Waals surface area (Å²) < 4.78 is 1.86. The molecule has 1 aromatic carbocycles. The Balaban J connectivity index is 1.97. The lowest BCUT2D eigenvalue weighted by atomic mass is 9.92. The molecule has 0 bridgehead atoms. The molecule has 0 fully saturated rings. The van der Waals surface area contributed by atoms with E-state index >= 15 is 0 Å². The van der Waals surface area contributed by atoms with Crippen molar-refractivity contribution in [3.8, 4) is 0 Å². The summed E-state index contributed by atoms with van der Waals surface area (Å²) in [5, 5.41) is 3.48. The molecule has 2 aromatic heterocycles. The van der Waals surface area contributed by atoms with E-state index in [1.165, 1.54) is 0 Å². The molecule has 3 aromatic rings. The number of primary amides is 1. The first-order chi connectivity index (χ1) is 13.0. The average molecular weight is 380 g/mol. The second-order valence-corrected chi connectivity index (χ2v) is 6.92. The van der Waals surface area contributed by atoms with Crippen molar-refractivity contribution in [2.75, 3.05) is 0 Å². The van der Waals surface area contributed by atoms with E-state index in [2.05, 4.69) is 15.3 Å². The number of carbonyl (C=O) groups is 1. The van der Waals surface area contributed by atoms with Crippen molar-refractivity contribution < 1.29 is 4.79 Å². The van der Waals surface area contributed by atoms with Crippen molar-refractivity contribution in [3.63, 3.8) is 0 Å². The van der Waals surface area contributed by atoms with Crippen LogP contribution in [-0.2, 0) is 13.5 Å². The van der Waals surface area contributed by atoms with E-state index in [0.717, 1.165) is 33.7 Å². The number of halogens is 1. The average Bonchev–Trinajstić information content (AvgIpc) is 2.98. The fourth-order valence-electron chi connectivity index (χ4n) is 3.46. The van der Waals surface area contributed by atoms with E-state index < -0.39 is 12.1 Å². The van der Waals surface area contributed by atoms with Gasteiger partial charge in [0.25, 0.3) is 0 Å². The molecule has 0 saturated carbocycles. The minimum atomic E-state index is -0.610. The van der Waals surface area contributed by atoms with Crippen LogP contribution in [0.2, 0.25) is 5.02 Å². The minimum absolute atomic E-state index is 0.474. The number of fused-ring (bicyclic) bond motifs is 2. The lowest BCUT2D eigenvalue weighted by Gasteiger charge is -2.23. The zero-order valence-electron chi connectivity index (χ0n) is 14.7. The molecule has 136 valence electrons. The van der Waals surface area contributed by atoms with Crippen LogP contribution in [0.5, 0.6) is 0 Å². The number of rotatable bonds is 3. The van der Waals surface area contributed by atoms with Gasteiger partial charge in [0.1, 0.15) is 0 Å². The number of nitrogens with two attached hydrogens (primary N) is 1. The minimum Gasteiger partial charge on any atom is -0.352 e. The van der Waals surface area contributed by atoms with Gasteiger partial charge >= 0.3 is 6.03 Å². The number of aromatic nitrogens is 3. The van der Waals surface area contributed by atoms with Crippen LogP contribution in [0.3, 0.4) is 0 Å². The highest BCUT2D eigenvalue weighted by molar-refractivity contribution is 6.30. The number of pyridine rings is 1. The Hall–Kier alpha value is -3.12. The lowest BCUT2D eigenvalue weighted by Crippen LogP contribution is -2.34. The second kappa shape index (κ2) is 6.89. The predicted molar refractivity (Wildman–Crippen MR) is 105 cm³/mol. The number of aryl methyl sites for hydroxylation is 1. The van der Waals surface area contributed by atoms with Gasteiger partial charge in [-0.3, -0.25) is 4.98 Å². The van der Waals surface area contributed by atoms with Gasteiger partial charge in [-0.05, 0) is 46.5 Å². The molecule has 0 saturated heterocycles. The van der Waals surface area contributed by atoms with Gasteiger partial charge in [0.05, 0.1) is 30.0 Å². The molecule has 0 aliphatic heterocycles. The SMILES string of the molecule is Cn1cncc1C(NC(N)=O)C1=Cc2cccnc2Cc2ccc(Cl)cc21. The molecular formula is C20H18ClN5O. The van der Waals surface area contributed by atoms with Gasteiger partial charge in [-0.25, -0.2) is 9.78 Å². The van der Waals surface area contributed by atoms with Crippen molar-refractivity contribution >= 4 is 29.3 Å². The summed E-state index contributed by atoms with van der Waals surface area (Å²) >= 11 is 6.30. The summed E-state index contributed by atoms with van der Waals surface area (Å²) in [7, 11) is 1.88. The number of hydrogen-bond donors (Lipinski definition) is 2. The molecule has 0 spiro atoms. The first kappa shape index (κ1) is 17.3. The van der Waals surface area contributed by atoms with Crippen molar-refractivity contribution in [1.82, 2.24) is 19.9 Å². The summed E-state index contributed by atoms with van der Waals surface area (Å²) in [4.78, 5) is 20.5. The van der Waals surface area contributed by atoms with Crippen molar-refractivity contribution in [2.24, 2.45) is 12.8 Å². The highest BCUT2D eigenvalue weighted by atomic mass is 35.5. The number of hydrogen-bond acceptors (Lipinski definition) is 3. The Kier molecular flexibility index (Phi) is 4.41. The maximum absolute atomic E-state index is 11.8. The molecule has 1 unspecified atom stereocenters. The first-order valence-corrected chi connectivity index (χ1v) is 8.87. The number of benzene rings is 1. The van der Waals surface area contributed by atoms with E-state index in [-0.39, 0.29) is 0 Å². The molecule has 27 heavy (non-hydrogen) atoms. The van der Waals surface area contributed by atoms with Crippen LogP contribution in [0.15, 0.2) is 49.1 Å². The zero-order chi connectivity index (χ0) is 19.0. The number of nitrogens with zero attached hydrogens (tertiary/aromatic N) is 3. The van der Waals surface area contributed by atoms with Crippen LogP contribution in [0.25, 0.3) is 11.6 Å². The molecular weight excluding hydrogens is 362 g/mol. The summed E-state index contributed by atoms with van der Waals surface area (Å²) in [6.07, 6.45) is 7.92. The van der Waals surface area contributed by atoms with Crippen molar-refractivity contribution in [3.05, 3.63) is 82.2 Å². The summed E-state index contributed by atoms with van der Waals surface area (Å²) in [6.45, 7) is 0. The van der Waals surface area contributed by atoms with Crippen LogP contribution in [0.1, 0.15) is 34.1 Å². The molecule has 1 aliphatic carbocycles. The number of imidazole rings is 1. The molecule has 2 heterocycles. The summed E-state index contributed by atoms with van der Waals surface area (Å²) in [6, 6.07) is 8.61. The second-order valence-electron chi connectivity index (χ2n) is 6.49. The largest absolute Gasteiger partial charge is 0.352 e. The quantitative estimate of drug-likeness (QED) is 0.731. The summed E-state index contributed by atoms with van der Waals surface area (Å²) in [5.41, 5.74) is 11.2. The van der Waals surface area contributed by atoms with Crippen LogP contribution >= 0.6 is 11.6 Å². The Bertz CT molecular complexity index is 1060. The lowest BCUT2D eigenvalue weighted by molar-refractivity contribution is 0.247. The maximum atomic E-state index is 11.8. The molecule has 2 amide bonds. The fraction of sp³-hybridized carbons (Fsp3) is 0.150. The standard InChI is InChI=1S/C20H18ClN5O/c1-26-11-23-10-18(26)19(25-20(22)27)16-7-13-3-2-6-24-17(13)8-12-4-5-14(21)9-15(12)16/h2-7,9-11,19H,8H2,1H3,(H3,22,25,27). The van der Waals surface area contributed by atoms with Gasteiger partial charge in [0, 0.05) is 24.7 Å². The van der Waals surface area contributed by atoms with E-state index in [1.807, 2.05) is 48.0 Å².